The van der Waals surface area contributed by atoms with Gasteiger partial charge in [0.05, 0.1) is 13.2 Å². The molecule has 1 aromatic rings. The number of hydrogen-bond acceptors (Lipinski definition) is 2. The average molecular weight is 427 g/mol. The summed E-state index contributed by atoms with van der Waals surface area (Å²) in [5.74, 6) is -1.51. The fourth-order valence-electron chi connectivity index (χ4n) is 4.24. The monoisotopic (exact) mass is 426 g/mol. The van der Waals surface area contributed by atoms with Crippen LogP contribution in [0, 0.1) is 35.2 Å². The van der Waals surface area contributed by atoms with Crippen LogP contribution in [0.2, 0.25) is 0 Å². The maximum Gasteiger partial charge on any atom is 0.203 e. The molecule has 29 heavy (non-hydrogen) atoms. The van der Waals surface area contributed by atoms with E-state index in [4.69, 9.17) is 4.74 Å². The third kappa shape index (κ3) is 8.15. The molecule has 3 rings (SSSR count). The van der Waals surface area contributed by atoms with Crippen molar-refractivity contribution >= 4 is 0 Å². The Labute approximate surface area is 177 Å². The zero-order chi connectivity index (χ0) is 19.8. The number of methoxy groups -OCH3 is 1. The van der Waals surface area contributed by atoms with E-state index in [9.17, 15) is 17.6 Å². The van der Waals surface area contributed by atoms with Gasteiger partial charge in [-0.1, -0.05) is 34.6 Å². The van der Waals surface area contributed by atoms with Gasteiger partial charge in [-0.25, -0.2) is 13.2 Å². The van der Waals surface area contributed by atoms with Gasteiger partial charge in [0.1, 0.15) is 0 Å². The standard InChI is InChI=1S/C14H25FO.C7H5F3O.2CH4.2H2/c1-11-2-4-12(5-3-11)13-6-8-14(9-7-13)16-10-15;1-11-5-3-2-4(8)6(9)7(5)10;;;;/h11-14H,2-10H2,1H3;2-3H,1H3;2*1H4;2*1H. The van der Waals surface area contributed by atoms with Crippen LogP contribution in [0.15, 0.2) is 12.1 Å². The van der Waals surface area contributed by atoms with Gasteiger partial charge in [-0.05, 0) is 68.4 Å². The Morgan fingerprint density at radius 1 is 0.862 bits per heavy atom. The zero-order valence-corrected chi connectivity index (χ0v) is 16.2. The van der Waals surface area contributed by atoms with Gasteiger partial charge in [-0.15, -0.1) is 0 Å². The molecule has 2 aliphatic carbocycles. The van der Waals surface area contributed by atoms with Crippen LogP contribution in [0.4, 0.5) is 17.6 Å². The van der Waals surface area contributed by atoms with Crippen LogP contribution in [0.5, 0.6) is 5.75 Å². The Balaban J connectivity index is -0.000000471. The Morgan fingerprint density at radius 3 is 1.86 bits per heavy atom. The second-order valence-electron chi connectivity index (χ2n) is 7.71. The summed E-state index contributed by atoms with van der Waals surface area (Å²) < 4.78 is 58.6. The molecule has 0 saturated heterocycles. The predicted octanol–water partition coefficient (Wildman–Crippen LogP) is 8.19. The number of benzene rings is 1. The highest BCUT2D eigenvalue weighted by Crippen LogP contribution is 2.40. The van der Waals surface area contributed by atoms with Crippen LogP contribution >= 0.6 is 0 Å². The Hall–Kier alpha value is -1.30. The first kappa shape index (κ1) is 27.7. The Morgan fingerprint density at radius 2 is 1.38 bits per heavy atom. The molecule has 0 amide bonds. The van der Waals surface area contributed by atoms with Crippen molar-refractivity contribution in [1.29, 1.82) is 0 Å². The van der Waals surface area contributed by atoms with Crippen molar-refractivity contribution in [3.05, 3.63) is 29.6 Å². The number of alkyl halides is 1. The lowest BCUT2D eigenvalue weighted by Crippen LogP contribution is -2.28. The molecule has 2 nitrogen and oxygen atoms in total. The summed E-state index contributed by atoms with van der Waals surface area (Å²) in [5, 5.41) is 0. The third-order valence-electron chi connectivity index (χ3n) is 5.96. The molecule has 2 aliphatic rings. The summed E-state index contributed by atoms with van der Waals surface area (Å²) in [7, 11) is 1.18. The van der Waals surface area contributed by atoms with E-state index in [2.05, 4.69) is 11.7 Å². The van der Waals surface area contributed by atoms with E-state index in [0.717, 1.165) is 42.7 Å². The fraction of sp³-hybridized carbons (Fsp3) is 0.739. The minimum Gasteiger partial charge on any atom is -0.494 e. The lowest BCUT2D eigenvalue weighted by molar-refractivity contribution is -0.0345. The van der Waals surface area contributed by atoms with Gasteiger partial charge < -0.3 is 9.47 Å². The van der Waals surface area contributed by atoms with Crippen molar-refractivity contribution < 1.29 is 29.9 Å². The largest absolute Gasteiger partial charge is 0.494 e. The summed E-state index contributed by atoms with van der Waals surface area (Å²) in [6.07, 6.45) is 10.6. The topological polar surface area (TPSA) is 18.5 Å². The molecule has 0 atom stereocenters. The summed E-state index contributed by atoms with van der Waals surface area (Å²) in [6.45, 7) is 1.78. The molecule has 0 radical (unpaired) electrons. The van der Waals surface area contributed by atoms with Gasteiger partial charge in [0.2, 0.25) is 5.82 Å². The lowest BCUT2D eigenvalue weighted by atomic mass is 9.71. The van der Waals surface area contributed by atoms with E-state index < -0.39 is 24.3 Å². The number of ether oxygens (including phenoxy) is 2. The van der Waals surface area contributed by atoms with Crippen molar-refractivity contribution in [2.45, 2.75) is 79.2 Å². The highest BCUT2D eigenvalue weighted by Gasteiger charge is 2.30. The van der Waals surface area contributed by atoms with Crippen molar-refractivity contribution in [3.63, 3.8) is 0 Å². The summed E-state index contributed by atoms with van der Waals surface area (Å²) in [4.78, 5) is 0. The highest BCUT2D eigenvalue weighted by atomic mass is 19.2. The average Bonchev–Trinajstić information content (AvgIpc) is 2.68. The molecule has 2 fully saturated rings. The summed E-state index contributed by atoms with van der Waals surface area (Å²) in [5.41, 5.74) is 0. The number of halogens is 4. The van der Waals surface area contributed by atoms with Gasteiger partial charge >= 0.3 is 0 Å². The van der Waals surface area contributed by atoms with E-state index >= 15 is 0 Å². The first-order valence-electron chi connectivity index (χ1n) is 9.81. The molecule has 0 bridgehead atoms. The van der Waals surface area contributed by atoms with Crippen molar-refractivity contribution in [1.82, 2.24) is 0 Å². The van der Waals surface area contributed by atoms with Crippen LogP contribution < -0.4 is 4.74 Å². The van der Waals surface area contributed by atoms with E-state index in [-0.39, 0.29) is 29.6 Å². The van der Waals surface area contributed by atoms with Crippen molar-refractivity contribution in [2.75, 3.05) is 14.0 Å². The van der Waals surface area contributed by atoms with Gasteiger partial charge in [0, 0.05) is 2.85 Å². The molecule has 1 aromatic carbocycles. The molecular weight excluding hydrogens is 384 g/mol. The molecule has 0 spiro atoms. The van der Waals surface area contributed by atoms with Crippen LogP contribution in [-0.2, 0) is 4.74 Å². The van der Waals surface area contributed by atoms with E-state index in [1.54, 1.807) is 0 Å². The molecule has 0 N–H and O–H groups in total. The van der Waals surface area contributed by atoms with E-state index in [1.165, 1.54) is 45.6 Å². The molecule has 0 aliphatic heterocycles. The van der Waals surface area contributed by atoms with Crippen molar-refractivity contribution in [3.8, 4) is 5.75 Å². The quantitative estimate of drug-likeness (QED) is 0.357. The third-order valence-corrected chi connectivity index (χ3v) is 5.96. The molecule has 6 heteroatoms. The Bertz CT molecular complexity index is 577. The SMILES string of the molecule is C.C.CC1CCC(C2CCC(OCF)CC2)CC1.COc1ccc(F)c(F)c1F.[HH].[HH]. The second-order valence-corrected chi connectivity index (χ2v) is 7.71. The summed E-state index contributed by atoms with van der Waals surface area (Å²) in [6, 6.07) is 1.82. The van der Waals surface area contributed by atoms with Crippen LogP contribution in [0.3, 0.4) is 0 Å². The van der Waals surface area contributed by atoms with Gasteiger partial charge in [0.25, 0.3) is 0 Å². The molecule has 0 aromatic heterocycles. The fourth-order valence-corrected chi connectivity index (χ4v) is 4.24. The van der Waals surface area contributed by atoms with Crippen LogP contribution in [0.25, 0.3) is 0 Å². The molecule has 2 saturated carbocycles. The van der Waals surface area contributed by atoms with E-state index in [0.29, 0.717) is 0 Å². The maximum atomic E-state index is 12.5. The second kappa shape index (κ2) is 13.8. The summed E-state index contributed by atoms with van der Waals surface area (Å²) >= 11 is 0. The molecule has 174 valence electrons. The van der Waals surface area contributed by atoms with Gasteiger partial charge in [0.15, 0.2) is 24.2 Å². The molecule has 0 heterocycles. The Kier molecular flexibility index (Phi) is 13.2. The highest BCUT2D eigenvalue weighted by molar-refractivity contribution is 5.25. The van der Waals surface area contributed by atoms with Crippen molar-refractivity contribution in [2.24, 2.45) is 17.8 Å². The maximum absolute atomic E-state index is 12.5. The zero-order valence-electron chi connectivity index (χ0n) is 16.2. The van der Waals surface area contributed by atoms with Crippen LogP contribution in [-0.4, -0.2) is 20.1 Å². The number of rotatable bonds is 4. The molecule has 0 unspecified atom stereocenters. The van der Waals surface area contributed by atoms with E-state index in [1.807, 2.05) is 0 Å². The first-order valence-corrected chi connectivity index (χ1v) is 9.81. The number of hydrogen-bond donors (Lipinski definition) is 0. The lowest BCUT2D eigenvalue weighted by Gasteiger charge is -2.36. The first-order chi connectivity index (χ1) is 13.0. The van der Waals surface area contributed by atoms with Crippen LogP contribution in [0.1, 0.15) is 76.0 Å². The normalized spacial score (nSPS) is 26.3. The smallest absolute Gasteiger partial charge is 0.203 e. The molecular formula is C23H42F4O2. The minimum absolute atomic E-state index is 0. The van der Waals surface area contributed by atoms with Gasteiger partial charge in [-0.2, -0.15) is 4.39 Å². The van der Waals surface area contributed by atoms with Gasteiger partial charge in [-0.3, -0.25) is 0 Å². The minimum atomic E-state index is -1.51. The predicted molar refractivity (Wildman–Crippen MR) is 114 cm³/mol.